The number of aromatic nitrogens is 2. The first-order chi connectivity index (χ1) is 13.7. The molecule has 28 heavy (non-hydrogen) atoms. The van der Waals surface area contributed by atoms with Gasteiger partial charge in [0, 0.05) is 38.6 Å². The van der Waals surface area contributed by atoms with Crippen LogP contribution in [-0.2, 0) is 6.42 Å². The Morgan fingerprint density at radius 1 is 0.964 bits per heavy atom. The van der Waals surface area contributed by atoms with E-state index in [-0.39, 0.29) is 5.91 Å². The van der Waals surface area contributed by atoms with Gasteiger partial charge in [-0.3, -0.25) is 4.79 Å². The lowest BCUT2D eigenvalue weighted by atomic mass is 9.90. The van der Waals surface area contributed by atoms with Crippen LogP contribution in [0.1, 0.15) is 48.5 Å². The number of hydrogen-bond donors (Lipinski definition) is 0. The summed E-state index contributed by atoms with van der Waals surface area (Å²) in [6.07, 6.45) is 9.01. The highest BCUT2D eigenvalue weighted by Crippen LogP contribution is 2.23. The van der Waals surface area contributed by atoms with Crippen molar-refractivity contribution in [3.63, 3.8) is 0 Å². The first-order valence-electron chi connectivity index (χ1n) is 10.6. The highest BCUT2D eigenvalue weighted by Gasteiger charge is 2.25. The van der Waals surface area contributed by atoms with Crippen molar-refractivity contribution in [3.8, 4) is 0 Å². The largest absolute Gasteiger partial charge is 0.341 e. The van der Waals surface area contributed by atoms with E-state index in [1.807, 2.05) is 4.90 Å². The number of carbonyl (C=O) groups excluding carboxylic acids is 1. The zero-order valence-electron chi connectivity index (χ0n) is 16.8. The van der Waals surface area contributed by atoms with Crippen LogP contribution < -0.4 is 4.90 Å². The monoisotopic (exact) mass is 378 g/mol. The predicted octanol–water partition coefficient (Wildman–Crippen LogP) is 3.81. The molecule has 2 aliphatic rings. The Labute approximate surface area is 167 Å². The van der Waals surface area contributed by atoms with Gasteiger partial charge < -0.3 is 9.80 Å². The van der Waals surface area contributed by atoms with Gasteiger partial charge in [-0.15, -0.1) is 0 Å². The average Bonchev–Trinajstić information content (AvgIpc) is 2.75. The number of anilines is 1. The molecule has 2 fully saturated rings. The summed E-state index contributed by atoms with van der Waals surface area (Å²) in [6, 6.07) is 10.6. The second-order valence-corrected chi connectivity index (χ2v) is 8.37. The summed E-state index contributed by atoms with van der Waals surface area (Å²) in [7, 11) is 0. The summed E-state index contributed by atoms with van der Waals surface area (Å²) >= 11 is 0. The van der Waals surface area contributed by atoms with Crippen molar-refractivity contribution in [2.75, 3.05) is 31.1 Å². The number of amides is 1. The summed E-state index contributed by atoms with van der Waals surface area (Å²) in [6.45, 7) is 5.94. The number of carbonyl (C=O) groups is 1. The minimum Gasteiger partial charge on any atom is -0.341 e. The molecule has 0 aliphatic carbocycles. The SMILES string of the molecule is CC1CCN(c2ncc(C(=O)N3CCC(Cc4ccccc4)CC3)cn2)CC1. The van der Waals surface area contributed by atoms with E-state index in [0.29, 0.717) is 11.5 Å². The van der Waals surface area contributed by atoms with Crippen molar-refractivity contribution >= 4 is 11.9 Å². The van der Waals surface area contributed by atoms with Crippen molar-refractivity contribution in [1.29, 1.82) is 0 Å². The van der Waals surface area contributed by atoms with E-state index >= 15 is 0 Å². The molecule has 5 nitrogen and oxygen atoms in total. The third-order valence-corrected chi connectivity index (χ3v) is 6.22. The lowest BCUT2D eigenvalue weighted by molar-refractivity contribution is 0.0689. The summed E-state index contributed by atoms with van der Waals surface area (Å²) in [5, 5.41) is 0. The normalized spacial score (nSPS) is 19.0. The third-order valence-electron chi connectivity index (χ3n) is 6.22. The zero-order chi connectivity index (χ0) is 19.3. The molecule has 1 aromatic heterocycles. The fraction of sp³-hybridized carbons (Fsp3) is 0.522. The Morgan fingerprint density at radius 2 is 1.61 bits per heavy atom. The summed E-state index contributed by atoms with van der Waals surface area (Å²) < 4.78 is 0. The molecule has 0 atom stereocenters. The molecule has 5 heteroatoms. The topological polar surface area (TPSA) is 49.3 Å². The first-order valence-corrected chi connectivity index (χ1v) is 10.6. The van der Waals surface area contributed by atoms with Crippen LogP contribution in [0.25, 0.3) is 0 Å². The minimum absolute atomic E-state index is 0.0666. The Morgan fingerprint density at radius 3 is 2.25 bits per heavy atom. The fourth-order valence-electron chi connectivity index (χ4n) is 4.27. The molecular weight excluding hydrogens is 348 g/mol. The van der Waals surface area contributed by atoms with E-state index in [1.54, 1.807) is 12.4 Å². The zero-order valence-corrected chi connectivity index (χ0v) is 16.8. The molecule has 2 saturated heterocycles. The molecular formula is C23H30N4O. The van der Waals surface area contributed by atoms with Gasteiger partial charge in [0.15, 0.2) is 0 Å². The molecule has 0 bridgehead atoms. The van der Waals surface area contributed by atoms with Crippen LogP contribution in [0.2, 0.25) is 0 Å². The van der Waals surface area contributed by atoms with E-state index in [9.17, 15) is 4.79 Å². The lowest BCUT2D eigenvalue weighted by Gasteiger charge is -2.32. The number of rotatable bonds is 4. The Kier molecular flexibility index (Phi) is 5.89. The molecule has 3 heterocycles. The standard InChI is InChI=1S/C23H30N4O/c1-18-7-11-27(12-8-18)23-24-16-21(17-25-23)22(28)26-13-9-20(10-14-26)15-19-5-3-2-4-6-19/h2-6,16-18,20H,7-15H2,1H3. The second-order valence-electron chi connectivity index (χ2n) is 8.37. The summed E-state index contributed by atoms with van der Waals surface area (Å²) in [4.78, 5) is 26.0. The molecule has 0 saturated carbocycles. The lowest BCUT2D eigenvalue weighted by Crippen LogP contribution is -2.39. The summed E-state index contributed by atoms with van der Waals surface area (Å²) in [5.41, 5.74) is 2.00. The second kappa shape index (κ2) is 8.72. The Balaban J connectivity index is 1.30. The molecule has 1 aromatic carbocycles. The quantitative estimate of drug-likeness (QED) is 0.812. The van der Waals surface area contributed by atoms with Crippen LogP contribution >= 0.6 is 0 Å². The molecule has 0 N–H and O–H groups in total. The third kappa shape index (κ3) is 4.51. The molecule has 0 radical (unpaired) electrons. The van der Waals surface area contributed by atoms with Crippen molar-refractivity contribution in [2.24, 2.45) is 11.8 Å². The van der Waals surface area contributed by atoms with Gasteiger partial charge in [-0.2, -0.15) is 0 Å². The van der Waals surface area contributed by atoms with Gasteiger partial charge in [0.05, 0.1) is 5.56 Å². The van der Waals surface area contributed by atoms with Crippen molar-refractivity contribution in [2.45, 2.75) is 39.0 Å². The molecule has 148 valence electrons. The maximum absolute atomic E-state index is 12.8. The van der Waals surface area contributed by atoms with Gasteiger partial charge in [-0.05, 0) is 49.5 Å². The highest BCUT2D eigenvalue weighted by atomic mass is 16.2. The van der Waals surface area contributed by atoms with Crippen LogP contribution in [0.15, 0.2) is 42.7 Å². The van der Waals surface area contributed by atoms with E-state index in [4.69, 9.17) is 0 Å². The fourth-order valence-corrected chi connectivity index (χ4v) is 4.27. The van der Waals surface area contributed by atoms with Gasteiger partial charge in [0.2, 0.25) is 5.95 Å². The average molecular weight is 379 g/mol. The number of piperidine rings is 2. The van der Waals surface area contributed by atoms with Gasteiger partial charge in [0.25, 0.3) is 5.91 Å². The van der Waals surface area contributed by atoms with Crippen molar-refractivity contribution < 1.29 is 4.79 Å². The van der Waals surface area contributed by atoms with Gasteiger partial charge in [-0.25, -0.2) is 9.97 Å². The minimum atomic E-state index is 0.0666. The van der Waals surface area contributed by atoms with Crippen LogP contribution in [0.3, 0.4) is 0 Å². The molecule has 2 aromatic rings. The Hall–Kier alpha value is -2.43. The summed E-state index contributed by atoms with van der Waals surface area (Å²) in [5.74, 6) is 2.26. The molecule has 4 rings (SSSR count). The number of nitrogens with zero attached hydrogens (tertiary/aromatic N) is 4. The van der Waals surface area contributed by atoms with Crippen LogP contribution in [0, 0.1) is 11.8 Å². The van der Waals surface area contributed by atoms with Crippen LogP contribution in [0.4, 0.5) is 5.95 Å². The maximum atomic E-state index is 12.8. The van der Waals surface area contributed by atoms with E-state index in [1.165, 1.54) is 18.4 Å². The van der Waals surface area contributed by atoms with Gasteiger partial charge in [0.1, 0.15) is 0 Å². The van der Waals surface area contributed by atoms with Crippen molar-refractivity contribution in [3.05, 3.63) is 53.9 Å². The number of benzene rings is 1. The molecule has 0 unspecified atom stereocenters. The predicted molar refractivity (Wildman–Crippen MR) is 111 cm³/mol. The van der Waals surface area contributed by atoms with Crippen molar-refractivity contribution in [1.82, 2.24) is 14.9 Å². The number of likely N-dealkylation sites (tertiary alicyclic amines) is 1. The Bertz CT molecular complexity index is 761. The highest BCUT2D eigenvalue weighted by molar-refractivity contribution is 5.93. The van der Waals surface area contributed by atoms with Crippen LogP contribution in [-0.4, -0.2) is 47.0 Å². The van der Waals surface area contributed by atoms with Crippen LogP contribution in [0.5, 0.6) is 0 Å². The van der Waals surface area contributed by atoms with Gasteiger partial charge in [-0.1, -0.05) is 37.3 Å². The molecule has 1 amide bonds. The first kappa shape index (κ1) is 18.9. The number of hydrogen-bond acceptors (Lipinski definition) is 4. The van der Waals surface area contributed by atoms with E-state index in [0.717, 1.165) is 57.3 Å². The molecule has 0 spiro atoms. The van der Waals surface area contributed by atoms with E-state index in [2.05, 4.69) is 52.1 Å². The van der Waals surface area contributed by atoms with Gasteiger partial charge >= 0.3 is 0 Å². The smallest absolute Gasteiger partial charge is 0.256 e. The molecule has 2 aliphatic heterocycles. The van der Waals surface area contributed by atoms with E-state index < -0.39 is 0 Å². The maximum Gasteiger partial charge on any atom is 0.256 e.